The summed E-state index contributed by atoms with van der Waals surface area (Å²) in [4.78, 5) is 11.2. The molecule has 0 aliphatic heterocycles. The van der Waals surface area contributed by atoms with Crippen molar-refractivity contribution in [3.63, 3.8) is 0 Å². The molecular weight excluding hydrogens is 262 g/mol. The van der Waals surface area contributed by atoms with Crippen LogP contribution >= 0.6 is 0 Å². The lowest BCUT2D eigenvalue weighted by atomic mass is 10.2. The monoisotopic (exact) mass is 281 g/mol. The van der Waals surface area contributed by atoms with Crippen molar-refractivity contribution < 1.29 is 9.53 Å². The molecule has 0 saturated carbocycles. The van der Waals surface area contributed by atoms with Crippen molar-refractivity contribution in [1.82, 2.24) is 0 Å². The second kappa shape index (κ2) is 7.90. The van der Waals surface area contributed by atoms with E-state index in [1.165, 1.54) is 0 Å². The highest BCUT2D eigenvalue weighted by molar-refractivity contribution is 5.72. The van der Waals surface area contributed by atoms with Crippen LogP contribution < -0.4 is 5.32 Å². The van der Waals surface area contributed by atoms with Gasteiger partial charge in [-0.15, -0.1) is 0 Å². The summed E-state index contributed by atoms with van der Waals surface area (Å²) in [5, 5.41) is 3.32. The van der Waals surface area contributed by atoms with Crippen LogP contribution in [0.1, 0.15) is 18.9 Å². The molecule has 3 nitrogen and oxygen atoms in total. The summed E-state index contributed by atoms with van der Waals surface area (Å²) in [7, 11) is 0. The number of benzene rings is 2. The molecule has 0 aliphatic rings. The van der Waals surface area contributed by atoms with Gasteiger partial charge in [0, 0.05) is 11.4 Å². The van der Waals surface area contributed by atoms with E-state index in [4.69, 9.17) is 4.74 Å². The minimum Gasteiger partial charge on any atom is -0.466 e. The Kier molecular flexibility index (Phi) is 5.59. The maximum absolute atomic E-state index is 11.2. The van der Waals surface area contributed by atoms with Gasteiger partial charge in [-0.05, 0) is 36.8 Å². The molecule has 0 spiro atoms. The Labute approximate surface area is 125 Å². The van der Waals surface area contributed by atoms with Gasteiger partial charge in [0.25, 0.3) is 0 Å². The van der Waals surface area contributed by atoms with E-state index in [1.807, 2.05) is 66.7 Å². The topological polar surface area (TPSA) is 38.3 Å². The molecule has 2 aromatic rings. The van der Waals surface area contributed by atoms with Crippen LogP contribution in [0.15, 0.2) is 60.7 Å². The minimum atomic E-state index is -0.198. The van der Waals surface area contributed by atoms with Crippen LogP contribution in [0.2, 0.25) is 0 Å². The first-order valence-electron chi connectivity index (χ1n) is 7.02. The van der Waals surface area contributed by atoms with Gasteiger partial charge in [-0.2, -0.15) is 0 Å². The van der Waals surface area contributed by atoms with E-state index in [0.29, 0.717) is 13.0 Å². The fourth-order valence-electron chi connectivity index (χ4n) is 1.88. The van der Waals surface area contributed by atoms with Crippen molar-refractivity contribution >= 4 is 23.4 Å². The molecule has 0 radical (unpaired) electrons. The van der Waals surface area contributed by atoms with Crippen LogP contribution in [0, 0.1) is 0 Å². The summed E-state index contributed by atoms with van der Waals surface area (Å²) in [5.74, 6) is -0.198. The van der Waals surface area contributed by atoms with E-state index in [1.54, 1.807) is 6.92 Å². The van der Waals surface area contributed by atoms with Crippen LogP contribution in [0.25, 0.3) is 6.08 Å². The molecule has 0 bridgehead atoms. The molecule has 2 rings (SSSR count). The predicted octanol–water partition coefficient (Wildman–Crippen LogP) is 4.40. The maximum atomic E-state index is 11.2. The number of anilines is 2. The third kappa shape index (κ3) is 5.15. The van der Waals surface area contributed by atoms with Crippen LogP contribution in [-0.2, 0) is 9.53 Å². The van der Waals surface area contributed by atoms with Crippen molar-refractivity contribution in [3.05, 3.63) is 66.2 Å². The second-order valence-corrected chi connectivity index (χ2v) is 4.52. The molecule has 108 valence electrons. The number of rotatable bonds is 6. The summed E-state index contributed by atoms with van der Waals surface area (Å²) in [5.41, 5.74) is 3.14. The molecule has 0 atom stereocenters. The number of carbonyl (C=O) groups is 1. The van der Waals surface area contributed by atoms with Gasteiger partial charge in [-0.25, -0.2) is 0 Å². The predicted molar refractivity (Wildman–Crippen MR) is 86.5 cm³/mol. The average molecular weight is 281 g/mol. The van der Waals surface area contributed by atoms with E-state index >= 15 is 0 Å². The normalized spacial score (nSPS) is 10.5. The summed E-state index contributed by atoms with van der Waals surface area (Å²) in [6.07, 6.45) is 4.04. The standard InChI is InChI=1S/C18H19NO2/c1-2-21-18(20)10-6-7-15-11-13-17(14-12-15)19-16-8-4-3-5-9-16/h3-9,11-14,19H,2,10H2,1H3. The Bertz CT molecular complexity index is 588. The van der Waals surface area contributed by atoms with Crippen molar-refractivity contribution in [3.8, 4) is 0 Å². The molecule has 0 aromatic heterocycles. The van der Waals surface area contributed by atoms with Gasteiger partial charge in [-0.3, -0.25) is 4.79 Å². The van der Waals surface area contributed by atoms with Crippen molar-refractivity contribution in [2.24, 2.45) is 0 Å². The zero-order chi connectivity index (χ0) is 14.9. The summed E-state index contributed by atoms with van der Waals surface area (Å²) >= 11 is 0. The molecule has 1 N–H and O–H groups in total. The van der Waals surface area contributed by atoms with Crippen molar-refractivity contribution in [2.75, 3.05) is 11.9 Å². The zero-order valence-corrected chi connectivity index (χ0v) is 12.1. The Morgan fingerprint density at radius 2 is 1.71 bits per heavy atom. The molecule has 0 fully saturated rings. The van der Waals surface area contributed by atoms with Gasteiger partial charge in [0.1, 0.15) is 0 Å². The maximum Gasteiger partial charge on any atom is 0.309 e. The van der Waals surface area contributed by atoms with E-state index in [-0.39, 0.29) is 5.97 Å². The van der Waals surface area contributed by atoms with Gasteiger partial charge >= 0.3 is 5.97 Å². The number of esters is 1. The minimum absolute atomic E-state index is 0.198. The van der Waals surface area contributed by atoms with Gasteiger partial charge in [0.2, 0.25) is 0 Å². The molecular formula is C18H19NO2. The lowest BCUT2D eigenvalue weighted by molar-refractivity contribution is -0.142. The van der Waals surface area contributed by atoms with E-state index in [2.05, 4.69) is 5.32 Å². The van der Waals surface area contributed by atoms with Gasteiger partial charge < -0.3 is 10.1 Å². The average Bonchev–Trinajstić information content (AvgIpc) is 2.50. The first-order chi connectivity index (χ1) is 10.3. The van der Waals surface area contributed by atoms with Gasteiger partial charge in [-0.1, -0.05) is 42.5 Å². The highest BCUT2D eigenvalue weighted by atomic mass is 16.5. The molecule has 21 heavy (non-hydrogen) atoms. The summed E-state index contributed by atoms with van der Waals surface area (Å²) in [6.45, 7) is 2.23. The lowest BCUT2D eigenvalue weighted by Crippen LogP contribution is -2.01. The number of hydrogen-bond acceptors (Lipinski definition) is 3. The zero-order valence-electron chi connectivity index (χ0n) is 12.1. The Morgan fingerprint density at radius 3 is 2.38 bits per heavy atom. The molecule has 3 heteroatoms. The highest BCUT2D eigenvalue weighted by Crippen LogP contribution is 2.17. The van der Waals surface area contributed by atoms with E-state index < -0.39 is 0 Å². The number of nitrogens with one attached hydrogen (secondary N) is 1. The quantitative estimate of drug-likeness (QED) is 0.798. The first-order valence-corrected chi connectivity index (χ1v) is 7.02. The third-order valence-corrected chi connectivity index (χ3v) is 2.87. The molecule has 0 saturated heterocycles. The smallest absolute Gasteiger partial charge is 0.309 e. The highest BCUT2D eigenvalue weighted by Gasteiger charge is 1.97. The van der Waals surface area contributed by atoms with Gasteiger partial charge in [0.15, 0.2) is 0 Å². The molecule has 0 unspecified atom stereocenters. The molecule has 0 amide bonds. The fourth-order valence-corrected chi connectivity index (χ4v) is 1.88. The molecule has 2 aromatic carbocycles. The summed E-state index contributed by atoms with van der Waals surface area (Å²) in [6, 6.07) is 18.1. The van der Waals surface area contributed by atoms with Crippen molar-refractivity contribution in [2.45, 2.75) is 13.3 Å². The van der Waals surface area contributed by atoms with Crippen LogP contribution in [0.5, 0.6) is 0 Å². The fraction of sp³-hybridized carbons (Fsp3) is 0.167. The first kappa shape index (κ1) is 14.9. The molecule has 0 aliphatic carbocycles. The Hall–Kier alpha value is -2.55. The Morgan fingerprint density at radius 1 is 1.05 bits per heavy atom. The lowest BCUT2D eigenvalue weighted by Gasteiger charge is -2.06. The number of para-hydroxylation sites is 1. The van der Waals surface area contributed by atoms with Crippen LogP contribution in [-0.4, -0.2) is 12.6 Å². The summed E-state index contributed by atoms with van der Waals surface area (Å²) < 4.78 is 4.87. The number of ether oxygens (including phenoxy) is 1. The number of carbonyl (C=O) groups excluding carboxylic acids is 1. The largest absolute Gasteiger partial charge is 0.466 e. The number of hydrogen-bond donors (Lipinski definition) is 1. The van der Waals surface area contributed by atoms with Crippen LogP contribution in [0.4, 0.5) is 11.4 Å². The van der Waals surface area contributed by atoms with E-state index in [9.17, 15) is 4.79 Å². The molecule has 0 heterocycles. The SMILES string of the molecule is CCOC(=O)CC=Cc1ccc(Nc2ccccc2)cc1. The Balaban J connectivity index is 1.90. The second-order valence-electron chi connectivity index (χ2n) is 4.52. The van der Waals surface area contributed by atoms with Crippen molar-refractivity contribution in [1.29, 1.82) is 0 Å². The van der Waals surface area contributed by atoms with Gasteiger partial charge in [0.05, 0.1) is 13.0 Å². The third-order valence-electron chi connectivity index (χ3n) is 2.87. The van der Waals surface area contributed by atoms with E-state index in [0.717, 1.165) is 16.9 Å². The van der Waals surface area contributed by atoms with Crippen LogP contribution in [0.3, 0.4) is 0 Å².